The lowest BCUT2D eigenvalue weighted by molar-refractivity contribution is -0.140. The Morgan fingerprint density at radius 1 is 1.67 bits per heavy atom. The number of hydrogen-bond donors (Lipinski definition) is 3. The minimum Gasteiger partial charge on any atom is -0.480 e. The van der Waals surface area contributed by atoms with Crippen LogP contribution in [0.5, 0.6) is 0 Å². The molecule has 0 amide bonds. The van der Waals surface area contributed by atoms with Gasteiger partial charge in [-0.05, 0) is 32.7 Å². The molecule has 70 valence electrons. The van der Waals surface area contributed by atoms with Crippen molar-refractivity contribution < 1.29 is 15.0 Å². The van der Waals surface area contributed by atoms with E-state index in [-0.39, 0.29) is 6.10 Å². The number of aliphatic carboxylic acids is 1. The predicted octanol–water partition coefficient (Wildman–Crippen LogP) is -0.0359. The number of aliphatic hydroxyl groups excluding tert-OH is 1. The van der Waals surface area contributed by atoms with Crippen LogP contribution in [-0.2, 0) is 4.79 Å². The lowest BCUT2D eigenvalue weighted by atomic mass is 10.2. The summed E-state index contributed by atoms with van der Waals surface area (Å²) in [5.74, 6) is -0.770. The van der Waals surface area contributed by atoms with Crippen molar-refractivity contribution >= 4 is 5.97 Å². The number of carbonyl (C=O) groups is 1. The predicted molar refractivity (Wildman–Crippen MR) is 43.9 cm³/mol. The molecule has 4 nitrogen and oxygen atoms in total. The van der Waals surface area contributed by atoms with Crippen LogP contribution in [0.25, 0.3) is 0 Å². The minimum absolute atomic E-state index is 0.359. The lowest BCUT2D eigenvalue weighted by Crippen LogP contribution is -2.40. The van der Waals surface area contributed by atoms with Gasteiger partial charge in [-0.2, -0.15) is 0 Å². The Bertz CT molecular complexity index is 175. The molecule has 1 fully saturated rings. The van der Waals surface area contributed by atoms with Crippen LogP contribution in [0.15, 0.2) is 0 Å². The number of rotatable bonds is 5. The molecule has 12 heavy (non-hydrogen) atoms. The maximum atomic E-state index is 10.6. The van der Waals surface area contributed by atoms with Crippen LogP contribution >= 0.6 is 0 Å². The van der Waals surface area contributed by atoms with Crippen molar-refractivity contribution in [3.05, 3.63) is 0 Å². The molecule has 0 aromatic rings. The summed E-state index contributed by atoms with van der Waals surface area (Å²) in [7, 11) is 0. The van der Waals surface area contributed by atoms with E-state index in [9.17, 15) is 4.79 Å². The summed E-state index contributed by atoms with van der Waals surface area (Å²) in [5, 5.41) is 20.6. The molecule has 1 rings (SSSR count). The van der Waals surface area contributed by atoms with Crippen LogP contribution in [0.1, 0.15) is 26.2 Å². The van der Waals surface area contributed by atoms with E-state index in [0.29, 0.717) is 25.8 Å². The van der Waals surface area contributed by atoms with Gasteiger partial charge in [-0.3, -0.25) is 4.79 Å². The molecular weight excluding hydrogens is 158 g/mol. The molecule has 1 aliphatic rings. The van der Waals surface area contributed by atoms with Crippen molar-refractivity contribution in [3.63, 3.8) is 0 Å². The van der Waals surface area contributed by atoms with E-state index < -0.39 is 11.5 Å². The normalized spacial score (nSPS) is 21.8. The molecule has 3 N–H and O–H groups in total. The molecule has 0 bridgehead atoms. The summed E-state index contributed by atoms with van der Waals surface area (Å²) in [6.45, 7) is 2.27. The summed E-state index contributed by atoms with van der Waals surface area (Å²) in [6.07, 6.45) is 1.67. The molecule has 1 saturated carbocycles. The van der Waals surface area contributed by atoms with Crippen LogP contribution in [0.3, 0.4) is 0 Å². The average molecular weight is 173 g/mol. The second-order valence-electron chi connectivity index (χ2n) is 3.45. The quantitative estimate of drug-likeness (QED) is 0.546. The summed E-state index contributed by atoms with van der Waals surface area (Å²) < 4.78 is 0. The summed E-state index contributed by atoms with van der Waals surface area (Å²) >= 11 is 0. The summed E-state index contributed by atoms with van der Waals surface area (Å²) in [4.78, 5) is 10.6. The topological polar surface area (TPSA) is 69.6 Å². The largest absolute Gasteiger partial charge is 0.480 e. The van der Waals surface area contributed by atoms with Gasteiger partial charge in [0, 0.05) is 0 Å². The second-order valence-corrected chi connectivity index (χ2v) is 3.45. The van der Waals surface area contributed by atoms with E-state index in [1.807, 2.05) is 0 Å². The van der Waals surface area contributed by atoms with Crippen LogP contribution in [0, 0.1) is 0 Å². The molecule has 0 saturated heterocycles. The number of carboxylic acids is 1. The maximum Gasteiger partial charge on any atom is 0.323 e. The molecule has 0 spiro atoms. The maximum absolute atomic E-state index is 10.6. The van der Waals surface area contributed by atoms with E-state index in [4.69, 9.17) is 10.2 Å². The van der Waals surface area contributed by atoms with Crippen molar-refractivity contribution in [2.75, 3.05) is 6.54 Å². The van der Waals surface area contributed by atoms with Crippen LogP contribution < -0.4 is 5.32 Å². The lowest BCUT2D eigenvalue weighted by Gasteiger charge is -2.12. The summed E-state index contributed by atoms with van der Waals surface area (Å²) in [6, 6.07) is 0. The van der Waals surface area contributed by atoms with Crippen molar-refractivity contribution in [1.29, 1.82) is 0 Å². The molecule has 1 aliphatic carbocycles. The molecule has 0 aromatic heterocycles. The molecular formula is C8H15NO3. The van der Waals surface area contributed by atoms with E-state index in [1.54, 1.807) is 6.92 Å². The standard InChI is InChI=1S/C8H15NO3/c1-6(10)2-5-9-8(3-4-8)7(11)12/h6,9-10H,2-5H2,1H3,(H,11,12). The third-order valence-corrected chi connectivity index (χ3v) is 2.18. The van der Waals surface area contributed by atoms with Gasteiger partial charge in [0.1, 0.15) is 5.54 Å². The zero-order valence-corrected chi connectivity index (χ0v) is 7.21. The highest BCUT2D eigenvalue weighted by Gasteiger charge is 2.49. The van der Waals surface area contributed by atoms with Gasteiger partial charge in [0.05, 0.1) is 6.10 Å². The minimum atomic E-state index is -0.770. The Morgan fingerprint density at radius 3 is 2.58 bits per heavy atom. The smallest absolute Gasteiger partial charge is 0.323 e. The fraction of sp³-hybridized carbons (Fsp3) is 0.875. The highest BCUT2D eigenvalue weighted by Crippen LogP contribution is 2.35. The second kappa shape index (κ2) is 3.41. The van der Waals surface area contributed by atoms with Gasteiger partial charge in [-0.25, -0.2) is 0 Å². The number of hydrogen-bond acceptors (Lipinski definition) is 3. The van der Waals surface area contributed by atoms with Gasteiger partial charge in [-0.1, -0.05) is 0 Å². The third kappa shape index (κ3) is 2.19. The van der Waals surface area contributed by atoms with Crippen molar-refractivity contribution in [2.24, 2.45) is 0 Å². The van der Waals surface area contributed by atoms with Gasteiger partial charge >= 0.3 is 5.97 Å². The fourth-order valence-electron chi connectivity index (χ4n) is 1.11. The van der Waals surface area contributed by atoms with Gasteiger partial charge in [0.2, 0.25) is 0 Å². The van der Waals surface area contributed by atoms with Crippen molar-refractivity contribution in [2.45, 2.75) is 37.8 Å². The highest BCUT2D eigenvalue weighted by atomic mass is 16.4. The van der Waals surface area contributed by atoms with Crippen LogP contribution in [0.4, 0.5) is 0 Å². The first kappa shape index (κ1) is 9.48. The first-order chi connectivity index (χ1) is 5.57. The first-order valence-corrected chi connectivity index (χ1v) is 4.23. The highest BCUT2D eigenvalue weighted by molar-refractivity contribution is 5.82. The van der Waals surface area contributed by atoms with E-state index in [1.165, 1.54) is 0 Å². The fourth-order valence-corrected chi connectivity index (χ4v) is 1.11. The van der Waals surface area contributed by atoms with Crippen molar-refractivity contribution in [1.82, 2.24) is 5.32 Å². The molecule has 1 unspecified atom stereocenters. The zero-order chi connectivity index (χ0) is 9.19. The Hall–Kier alpha value is -0.610. The Morgan fingerprint density at radius 2 is 2.25 bits per heavy atom. The molecule has 0 radical (unpaired) electrons. The SMILES string of the molecule is CC(O)CCNC1(C(=O)O)CC1. The van der Waals surface area contributed by atoms with Gasteiger partial charge in [-0.15, -0.1) is 0 Å². The number of nitrogens with one attached hydrogen (secondary N) is 1. The molecule has 4 heteroatoms. The van der Waals surface area contributed by atoms with Crippen molar-refractivity contribution in [3.8, 4) is 0 Å². The van der Waals surface area contributed by atoms with Gasteiger partial charge in [0.15, 0.2) is 0 Å². The number of carboxylic acid groups (broad SMARTS) is 1. The van der Waals surface area contributed by atoms with Crippen LogP contribution in [-0.4, -0.2) is 34.4 Å². The first-order valence-electron chi connectivity index (χ1n) is 4.23. The Kier molecular flexibility index (Phi) is 2.69. The Balaban J connectivity index is 2.19. The molecule has 0 aromatic carbocycles. The third-order valence-electron chi connectivity index (χ3n) is 2.18. The van der Waals surface area contributed by atoms with E-state index in [2.05, 4.69) is 5.32 Å². The van der Waals surface area contributed by atoms with Crippen LogP contribution in [0.2, 0.25) is 0 Å². The monoisotopic (exact) mass is 173 g/mol. The van der Waals surface area contributed by atoms with E-state index in [0.717, 1.165) is 0 Å². The van der Waals surface area contributed by atoms with Gasteiger partial charge < -0.3 is 15.5 Å². The summed E-state index contributed by atoms with van der Waals surface area (Å²) in [5.41, 5.74) is -0.658. The molecule has 0 heterocycles. The van der Waals surface area contributed by atoms with E-state index >= 15 is 0 Å². The average Bonchev–Trinajstić information content (AvgIpc) is 2.68. The molecule has 0 aliphatic heterocycles. The molecule has 1 atom stereocenters. The number of aliphatic hydroxyl groups is 1. The van der Waals surface area contributed by atoms with Gasteiger partial charge in [0.25, 0.3) is 0 Å². The Labute approximate surface area is 71.6 Å². The zero-order valence-electron chi connectivity index (χ0n) is 7.21.